The largest absolute Gasteiger partial charge is 0.481 e. The second-order valence-corrected chi connectivity index (χ2v) is 8.84. The van der Waals surface area contributed by atoms with Crippen molar-refractivity contribution in [3.05, 3.63) is 30.1 Å². The van der Waals surface area contributed by atoms with Gasteiger partial charge in [-0.3, -0.25) is 9.89 Å². The molecule has 3 aromatic heterocycles. The lowest BCUT2D eigenvalue weighted by Crippen LogP contribution is -2.45. The minimum Gasteiger partial charge on any atom is -0.481 e. The van der Waals surface area contributed by atoms with Gasteiger partial charge in [-0.05, 0) is 50.0 Å². The van der Waals surface area contributed by atoms with E-state index in [9.17, 15) is 18.7 Å². The van der Waals surface area contributed by atoms with Crippen LogP contribution in [0.25, 0.3) is 22.6 Å². The molecule has 0 aliphatic heterocycles. The van der Waals surface area contributed by atoms with E-state index in [4.69, 9.17) is 5.73 Å². The number of carbonyl (C=O) groups is 1. The van der Waals surface area contributed by atoms with Crippen LogP contribution in [-0.4, -0.2) is 31.2 Å². The molecule has 0 saturated heterocycles. The molecule has 0 radical (unpaired) electrons. The third-order valence-electron chi connectivity index (χ3n) is 6.96. The summed E-state index contributed by atoms with van der Waals surface area (Å²) in [6.07, 6.45) is 7.55. The maximum Gasteiger partial charge on any atom is 0.306 e. The Balaban J connectivity index is 1.56. The minimum atomic E-state index is -0.749. The van der Waals surface area contributed by atoms with Gasteiger partial charge in [-0.15, -0.1) is 4.98 Å². The maximum absolute atomic E-state index is 14.4. The van der Waals surface area contributed by atoms with Gasteiger partial charge >= 0.3 is 5.97 Å². The minimum absolute atomic E-state index is 0.0512. The smallest absolute Gasteiger partial charge is 0.306 e. The quantitative estimate of drug-likeness (QED) is 0.550. The topological polar surface area (TPSA) is 122 Å². The molecule has 0 bridgehead atoms. The van der Waals surface area contributed by atoms with E-state index in [1.54, 1.807) is 4.57 Å². The zero-order valence-electron chi connectivity index (χ0n) is 16.8. The van der Waals surface area contributed by atoms with E-state index in [1.807, 2.05) is 0 Å². The number of nitrogens with one attached hydrogen (secondary N) is 1. The highest BCUT2D eigenvalue weighted by molar-refractivity contribution is 5.88. The number of aliphatic carboxylic acids is 1. The Morgan fingerprint density at radius 2 is 2.06 bits per heavy atom. The van der Waals surface area contributed by atoms with Crippen molar-refractivity contribution < 1.29 is 23.2 Å². The van der Waals surface area contributed by atoms with Crippen molar-refractivity contribution in [3.8, 4) is 11.5 Å². The molecule has 3 heterocycles. The zero-order chi connectivity index (χ0) is 21.8. The number of halogens is 2. The summed E-state index contributed by atoms with van der Waals surface area (Å²) in [6.45, 7) is 0. The fraction of sp³-hybridized carbons (Fsp3) is 0.476. The number of rotatable bonds is 3. The molecule has 5 rings (SSSR count). The molecule has 2 aliphatic carbocycles. The van der Waals surface area contributed by atoms with Gasteiger partial charge in [0.2, 0.25) is 5.82 Å². The number of fused-ring (bicyclic) bond motifs is 1. The first-order valence-electron chi connectivity index (χ1n) is 10.5. The first-order valence-corrected chi connectivity index (χ1v) is 10.5. The van der Waals surface area contributed by atoms with Crippen LogP contribution in [0.15, 0.2) is 18.5 Å². The SMILES string of the molecule is Nc1c(F)cnc(-c2[nH]nc3ncc(F)cc23)[n+]1C1CCC2(CCCC(C(=O)O)C2)C1. The van der Waals surface area contributed by atoms with Crippen molar-refractivity contribution in [2.75, 3.05) is 5.73 Å². The molecule has 0 amide bonds. The average molecular weight is 429 g/mol. The van der Waals surface area contributed by atoms with Gasteiger partial charge in [-0.1, -0.05) is 6.42 Å². The number of H-pyrrole nitrogens is 1. The number of aromatic amines is 1. The van der Waals surface area contributed by atoms with Gasteiger partial charge < -0.3 is 10.8 Å². The Hall–Kier alpha value is -3.17. The van der Waals surface area contributed by atoms with Crippen LogP contribution in [0.4, 0.5) is 14.6 Å². The number of nitrogens with zero attached hydrogens (tertiary/aromatic N) is 4. The van der Waals surface area contributed by atoms with Crippen molar-refractivity contribution in [1.82, 2.24) is 20.2 Å². The first-order chi connectivity index (χ1) is 14.9. The van der Waals surface area contributed by atoms with Crippen molar-refractivity contribution in [1.29, 1.82) is 0 Å². The molecule has 3 atom stereocenters. The molecule has 4 N–H and O–H groups in total. The summed E-state index contributed by atoms with van der Waals surface area (Å²) in [4.78, 5) is 19.8. The molecular weight excluding hydrogens is 406 g/mol. The molecule has 1 spiro atoms. The van der Waals surface area contributed by atoms with Crippen LogP contribution in [-0.2, 0) is 4.79 Å². The number of nitrogens with two attached hydrogens (primary N) is 1. The zero-order valence-corrected chi connectivity index (χ0v) is 16.8. The Kier molecular flexibility index (Phi) is 4.60. The molecule has 2 saturated carbocycles. The number of carboxylic acid groups (broad SMARTS) is 1. The molecule has 3 aromatic rings. The molecule has 8 nitrogen and oxygen atoms in total. The molecule has 0 aromatic carbocycles. The summed E-state index contributed by atoms with van der Waals surface area (Å²) >= 11 is 0. The van der Waals surface area contributed by atoms with E-state index in [2.05, 4.69) is 20.2 Å². The van der Waals surface area contributed by atoms with Crippen LogP contribution in [0.5, 0.6) is 0 Å². The van der Waals surface area contributed by atoms with E-state index in [0.717, 1.165) is 38.1 Å². The number of nitrogen functional groups attached to an aromatic ring is 1. The van der Waals surface area contributed by atoms with Crippen molar-refractivity contribution in [2.24, 2.45) is 11.3 Å². The van der Waals surface area contributed by atoms with E-state index in [1.165, 1.54) is 6.07 Å². The van der Waals surface area contributed by atoms with E-state index >= 15 is 0 Å². The van der Waals surface area contributed by atoms with Crippen LogP contribution >= 0.6 is 0 Å². The fourth-order valence-electron chi connectivity index (χ4n) is 5.55. The molecule has 31 heavy (non-hydrogen) atoms. The number of hydrogen-bond donors (Lipinski definition) is 3. The van der Waals surface area contributed by atoms with Crippen LogP contribution in [0.3, 0.4) is 0 Å². The second-order valence-electron chi connectivity index (χ2n) is 8.84. The Morgan fingerprint density at radius 1 is 1.23 bits per heavy atom. The van der Waals surface area contributed by atoms with Crippen LogP contribution in [0.2, 0.25) is 0 Å². The molecule has 162 valence electrons. The predicted octanol–water partition coefficient (Wildman–Crippen LogP) is 3.15. The van der Waals surface area contributed by atoms with Gasteiger partial charge in [0.25, 0.3) is 11.6 Å². The van der Waals surface area contributed by atoms with Crippen LogP contribution in [0.1, 0.15) is 51.0 Å². The number of pyridine rings is 1. The lowest BCUT2D eigenvalue weighted by Gasteiger charge is -2.36. The highest BCUT2D eigenvalue weighted by Gasteiger charge is 2.47. The van der Waals surface area contributed by atoms with Gasteiger partial charge in [-0.25, -0.2) is 13.9 Å². The Labute approximate surface area is 176 Å². The number of hydrogen-bond acceptors (Lipinski definition) is 5. The van der Waals surface area contributed by atoms with Crippen molar-refractivity contribution >= 4 is 22.8 Å². The lowest BCUT2D eigenvalue weighted by atomic mass is 9.68. The van der Waals surface area contributed by atoms with E-state index in [-0.39, 0.29) is 23.2 Å². The van der Waals surface area contributed by atoms with Crippen molar-refractivity contribution in [2.45, 2.75) is 51.0 Å². The average Bonchev–Trinajstić information content (AvgIpc) is 3.34. The van der Waals surface area contributed by atoms with Gasteiger partial charge in [-0.2, -0.15) is 9.49 Å². The summed E-state index contributed by atoms with van der Waals surface area (Å²) in [5, 5.41) is 16.9. The van der Waals surface area contributed by atoms with Gasteiger partial charge in [0.15, 0.2) is 5.65 Å². The lowest BCUT2D eigenvalue weighted by molar-refractivity contribution is -0.702. The van der Waals surface area contributed by atoms with Crippen LogP contribution < -0.4 is 10.3 Å². The van der Waals surface area contributed by atoms with Gasteiger partial charge in [0.1, 0.15) is 17.7 Å². The summed E-state index contributed by atoms with van der Waals surface area (Å²) in [5.74, 6) is -1.93. The summed E-state index contributed by atoms with van der Waals surface area (Å²) in [6, 6.07) is 1.16. The fourth-order valence-corrected chi connectivity index (χ4v) is 5.55. The maximum atomic E-state index is 14.4. The number of carboxylic acids is 1. The van der Waals surface area contributed by atoms with Gasteiger partial charge in [0.05, 0.1) is 23.5 Å². The highest BCUT2D eigenvalue weighted by atomic mass is 19.1. The summed E-state index contributed by atoms with van der Waals surface area (Å²) < 4.78 is 29.9. The molecule has 2 aliphatic rings. The van der Waals surface area contributed by atoms with E-state index < -0.39 is 17.6 Å². The Bertz CT molecular complexity index is 1180. The van der Waals surface area contributed by atoms with Crippen LogP contribution in [0, 0.1) is 23.0 Å². The predicted molar refractivity (Wildman–Crippen MR) is 107 cm³/mol. The summed E-state index contributed by atoms with van der Waals surface area (Å²) in [7, 11) is 0. The van der Waals surface area contributed by atoms with E-state index in [0.29, 0.717) is 41.8 Å². The number of aromatic nitrogens is 5. The normalized spacial score (nSPS) is 26.0. The van der Waals surface area contributed by atoms with Gasteiger partial charge in [0, 0.05) is 0 Å². The molecule has 2 fully saturated rings. The molecule has 3 unspecified atom stereocenters. The standard InChI is InChI=1S/C21H22F2N6O2/c22-12-6-14-16(27-28-18(14)25-9-12)19-26-10-15(23)17(24)29(19)13-3-5-21(8-13)4-1-2-11(7-21)20(30)31/h6,9-11,13H,1-5,7-8H2,(H3,24,25,26,27,28,30,31)/p+1. The first kappa shape index (κ1) is 19.8. The highest BCUT2D eigenvalue weighted by Crippen LogP contribution is 2.53. The summed E-state index contributed by atoms with van der Waals surface area (Å²) in [5.41, 5.74) is 6.81. The monoisotopic (exact) mass is 429 g/mol. The third kappa shape index (κ3) is 3.30. The van der Waals surface area contributed by atoms with Crippen molar-refractivity contribution in [3.63, 3.8) is 0 Å². The molecular formula is C21H23F2N6O2+. The Morgan fingerprint density at radius 3 is 2.87 bits per heavy atom. The second kappa shape index (κ2) is 7.21. The molecule has 10 heteroatoms. The number of anilines is 1. The third-order valence-corrected chi connectivity index (χ3v) is 6.96.